The quantitative estimate of drug-likeness (QED) is 0.566. The predicted octanol–water partition coefficient (Wildman–Crippen LogP) is 1.57. The summed E-state index contributed by atoms with van der Waals surface area (Å²) < 4.78 is 9.52. The summed E-state index contributed by atoms with van der Waals surface area (Å²) in [7, 11) is 2.48. The molecule has 0 atom stereocenters. The topological polar surface area (TPSA) is 69.7 Å². The first-order valence-electron chi connectivity index (χ1n) is 6.42. The molecule has 20 heavy (non-hydrogen) atoms. The van der Waals surface area contributed by atoms with E-state index in [1.165, 1.54) is 20.3 Å². The summed E-state index contributed by atoms with van der Waals surface area (Å²) in [6.45, 7) is 3.68. The van der Waals surface area contributed by atoms with E-state index in [-0.39, 0.29) is 18.6 Å². The van der Waals surface area contributed by atoms with Crippen LogP contribution in [0.3, 0.4) is 0 Å². The molecular weight excluding hydrogens is 260 g/mol. The zero-order valence-electron chi connectivity index (χ0n) is 12.1. The van der Waals surface area contributed by atoms with E-state index in [0.29, 0.717) is 0 Å². The smallest absolute Gasteiger partial charge is 0.323 e. The molecule has 2 aliphatic rings. The fraction of sp³-hybridized carbons (Fsp3) is 0.533. The zero-order chi connectivity index (χ0) is 15.1. The third-order valence-electron chi connectivity index (χ3n) is 4.24. The Morgan fingerprint density at radius 2 is 1.70 bits per heavy atom. The van der Waals surface area contributed by atoms with Crippen molar-refractivity contribution >= 4 is 17.7 Å². The lowest BCUT2D eigenvalue weighted by atomic mass is 9.69. The fourth-order valence-corrected chi connectivity index (χ4v) is 2.94. The van der Waals surface area contributed by atoms with Crippen LogP contribution in [0.4, 0.5) is 0 Å². The highest BCUT2D eigenvalue weighted by molar-refractivity contribution is 6.05. The number of carbonyl (C=O) groups excluding carboxylic acids is 3. The maximum absolute atomic E-state index is 12.1. The Kier molecular flexibility index (Phi) is 3.32. The average molecular weight is 278 g/mol. The number of methoxy groups -OCH3 is 2. The Morgan fingerprint density at radius 1 is 1.15 bits per heavy atom. The molecule has 0 aromatic carbocycles. The Labute approximate surface area is 117 Å². The molecule has 0 radical (unpaired) electrons. The zero-order valence-corrected chi connectivity index (χ0v) is 12.1. The highest BCUT2D eigenvalue weighted by Gasteiger charge is 2.53. The van der Waals surface area contributed by atoms with Crippen molar-refractivity contribution in [1.29, 1.82) is 0 Å². The van der Waals surface area contributed by atoms with Crippen molar-refractivity contribution in [2.24, 2.45) is 10.8 Å². The summed E-state index contributed by atoms with van der Waals surface area (Å²) in [5, 5.41) is 0. The Morgan fingerprint density at radius 3 is 2.20 bits per heavy atom. The molecule has 0 saturated heterocycles. The normalized spacial score (nSPS) is 22.5. The number of allylic oxidation sites excluding steroid dienone is 4. The number of fused-ring (bicyclic) bond motifs is 1. The summed E-state index contributed by atoms with van der Waals surface area (Å²) in [5.74, 6) is -1.26. The summed E-state index contributed by atoms with van der Waals surface area (Å²) in [5.41, 5.74) is -0.347. The molecule has 0 spiro atoms. The lowest BCUT2D eigenvalue weighted by Gasteiger charge is -2.33. The molecule has 2 aliphatic carbocycles. The molecule has 0 unspecified atom stereocenters. The van der Waals surface area contributed by atoms with E-state index >= 15 is 0 Å². The third kappa shape index (κ3) is 1.80. The van der Waals surface area contributed by atoms with Gasteiger partial charge in [-0.1, -0.05) is 6.08 Å². The standard InChI is InChI=1S/C15H18O5/c1-14(2)10-5-6-15(12(17)19-3,13(18)20-4)8-9(10)7-11(14)16/h5,7H,6,8H2,1-4H3. The van der Waals surface area contributed by atoms with Crippen LogP contribution in [0.1, 0.15) is 26.7 Å². The van der Waals surface area contributed by atoms with Gasteiger partial charge < -0.3 is 9.47 Å². The number of carbonyl (C=O) groups is 3. The highest BCUT2D eigenvalue weighted by atomic mass is 16.5. The van der Waals surface area contributed by atoms with Crippen LogP contribution in [0.25, 0.3) is 0 Å². The third-order valence-corrected chi connectivity index (χ3v) is 4.24. The Balaban J connectivity index is 2.48. The largest absolute Gasteiger partial charge is 0.468 e. The van der Waals surface area contributed by atoms with Crippen LogP contribution in [0.2, 0.25) is 0 Å². The first kappa shape index (κ1) is 14.5. The van der Waals surface area contributed by atoms with E-state index in [2.05, 4.69) is 0 Å². The van der Waals surface area contributed by atoms with Gasteiger partial charge in [-0.15, -0.1) is 0 Å². The van der Waals surface area contributed by atoms with Gasteiger partial charge in [0.25, 0.3) is 0 Å². The van der Waals surface area contributed by atoms with Gasteiger partial charge in [0.2, 0.25) is 0 Å². The van der Waals surface area contributed by atoms with Crippen molar-refractivity contribution in [2.75, 3.05) is 14.2 Å². The van der Waals surface area contributed by atoms with Crippen LogP contribution in [-0.4, -0.2) is 31.9 Å². The van der Waals surface area contributed by atoms with Crippen molar-refractivity contribution < 1.29 is 23.9 Å². The van der Waals surface area contributed by atoms with Crippen LogP contribution in [0.15, 0.2) is 23.3 Å². The molecule has 0 heterocycles. The van der Waals surface area contributed by atoms with E-state index < -0.39 is 22.8 Å². The van der Waals surface area contributed by atoms with E-state index in [4.69, 9.17) is 9.47 Å². The molecule has 0 saturated carbocycles. The van der Waals surface area contributed by atoms with Gasteiger partial charge in [0.05, 0.1) is 19.6 Å². The molecule has 0 fully saturated rings. The number of rotatable bonds is 2. The van der Waals surface area contributed by atoms with Gasteiger partial charge in [0.15, 0.2) is 11.2 Å². The molecule has 0 N–H and O–H groups in total. The lowest BCUT2D eigenvalue weighted by Crippen LogP contribution is -2.43. The molecule has 5 heteroatoms. The Bertz CT molecular complexity index is 535. The van der Waals surface area contributed by atoms with Crippen LogP contribution in [0, 0.1) is 10.8 Å². The van der Waals surface area contributed by atoms with Gasteiger partial charge in [0.1, 0.15) is 0 Å². The van der Waals surface area contributed by atoms with Gasteiger partial charge in [0, 0.05) is 0 Å². The van der Waals surface area contributed by atoms with Gasteiger partial charge in [-0.05, 0) is 43.9 Å². The minimum atomic E-state index is -1.38. The van der Waals surface area contributed by atoms with Crippen molar-refractivity contribution in [2.45, 2.75) is 26.7 Å². The van der Waals surface area contributed by atoms with Crippen molar-refractivity contribution in [3.63, 3.8) is 0 Å². The van der Waals surface area contributed by atoms with Crippen LogP contribution in [0.5, 0.6) is 0 Å². The SMILES string of the molecule is COC(=O)C1(C(=O)OC)CC=C2C(=CC(=O)C2(C)C)C1. The average Bonchev–Trinajstić information content (AvgIpc) is 2.66. The molecule has 108 valence electrons. The number of esters is 2. The summed E-state index contributed by atoms with van der Waals surface area (Å²) >= 11 is 0. The molecular formula is C15H18O5. The van der Waals surface area contributed by atoms with Crippen LogP contribution in [-0.2, 0) is 23.9 Å². The molecule has 2 rings (SSSR count). The summed E-state index contributed by atoms with van der Waals surface area (Å²) in [6, 6.07) is 0. The van der Waals surface area contributed by atoms with Gasteiger partial charge >= 0.3 is 11.9 Å². The number of hydrogen-bond acceptors (Lipinski definition) is 5. The first-order valence-corrected chi connectivity index (χ1v) is 6.42. The maximum Gasteiger partial charge on any atom is 0.323 e. The first-order chi connectivity index (χ1) is 9.29. The summed E-state index contributed by atoms with van der Waals surface area (Å²) in [4.78, 5) is 36.1. The molecule has 0 aromatic rings. The van der Waals surface area contributed by atoms with Crippen LogP contribution >= 0.6 is 0 Å². The summed E-state index contributed by atoms with van der Waals surface area (Å²) in [6.07, 6.45) is 3.64. The lowest BCUT2D eigenvalue weighted by molar-refractivity contribution is -0.169. The fourth-order valence-electron chi connectivity index (χ4n) is 2.94. The second-order valence-corrected chi connectivity index (χ2v) is 5.72. The van der Waals surface area contributed by atoms with Crippen molar-refractivity contribution in [1.82, 2.24) is 0 Å². The second kappa shape index (κ2) is 4.58. The van der Waals surface area contributed by atoms with Gasteiger partial charge in [-0.3, -0.25) is 14.4 Å². The van der Waals surface area contributed by atoms with Gasteiger partial charge in [-0.2, -0.15) is 0 Å². The minimum absolute atomic E-state index is 0.00992. The molecule has 0 aliphatic heterocycles. The monoisotopic (exact) mass is 278 g/mol. The maximum atomic E-state index is 12.1. The van der Waals surface area contributed by atoms with E-state index in [1.54, 1.807) is 6.08 Å². The van der Waals surface area contributed by atoms with E-state index in [0.717, 1.165) is 11.1 Å². The van der Waals surface area contributed by atoms with E-state index in [9.17, 15) is 14.4 Å². The molecule has 0 bridgehead atoms. The molecule has 0 aromatic heterocycles. The minimum Gasteiger partial charge on any atom is -0.468 e. The van der Waals surface area contributed by atoms with Gasteiger partial charge in [-0.25, -0.2) is 0 Å². The highest BCUT2D eigenvalue weighted by Crippen LogP contribution is 2.49. The van der Waals surface area contributed by atoms with E-state index in [1.807, 2.05) is 13.8 Å². The second-order valence-electron chi connectivity index (χ2n) is 5.72. The number of ketones is 1. The number of ether oxygens (including phenoxy) is 2. The van der Waals surface area contributed by atoms with Crippen LogP contribution < -0.4 is 0 Å². The van der Waals surface area contributed by atoms with Crippen molar-refractivity contribution in [3.05, 3.63) is 23.3 Å². The van der Waals surface area contributed by atoms with Crippen molar-refractivity contribution in [3.8, 4) is 0 Å². The molecule has 0 amide bonds. The number of hydrogen-bond donors (Lipinski definition) is 0. The molecule has 5 nitrogen and oxygen atoms in total. The predicted molar refractivity (Wildman–Crippen MR) is 70.7 cm³/mol. The Hall–Kier alpha value is -1.91.